The molecule has 21 heavy (non-hydrogen) atoms. The van der Waals surface area contributed by atoms with Crippen LogP contribution in [-0.2, 0) is 16.6 Å². The SMILES string of the molecule is CNCc1ccc(S(=O)(=O)NC(C)c2cn[nH]c2)cc1Cl. The Bertz CT molecular complexity index is 701. The van der Waals surface area contributed by atoms with Gasteiger partial charge in [0.2, 0.25) is 10.0 Å². The zero-order chi connectivity index (χ0) is 15.5. The number of rotatable bonds is 6. The van der Waals surface area contributed by atoms with E-state index < -0.39 is 10.0 Å². The summed E-state index contributed by atoms with van der Waals surface area (Å²) in [4.78, 5) is 0.141. The summed E-state index contributed by atoms with van der Waals surface area (Å²) in [5.74, 6) is 0. The molecule has 2 rings (SSSR count). The molecule has 1 aromatic heterocycles. The highest BCUT2D eigenvalue weighted by Crippen LogP contribution is 2.22. The number of hydrogen-bond donors (Lipinski definition) is 3. The molecule has 0 aliphatic heterocycles. The highest BCUT2D eigenvalue weighted by molar-refractivity contribution is 7.89. The van der Waals surface area contributed by atoms with Crippen molar-refractivity contribution in [2.45, 2.75) is 24.4 Å². The van der Waals surface area contributed by atoms with Gasteiger partial charge in [0.1, 0.15) is 0 Å². The minimum absolute atomic E-state index is 0.141. The van der Waals surface area contributed by atoms with Crippen LogP contribution in [0.1, 0.15) is 24.1 Å². The van der Waals surface area contributed by atoms with Crippen molar-refractivity contribution in [3.05, 3.63) is 46.7 Å². The van der Waals surface area contributed by atoms with Crippen molar-refractivity contribution >= 4 is 21.6 Å². The fourth-order valence-electron chi connectivity index (χ4n) is 1.90. The van der Waals surface area contributed by atoms with Crippen LogP contribution >= 0.6 is 11.6 Å². The number of nitrogens with zero attached hydrogens (tertiary/aromatic N) is 1. The van der Waals surface area contributed by atoms with E-state index in [9.17, 15) is 8.42 Å². The van der Waals surface area contributed by atoms with E-state index in [0.29, 0.717) is 11.6 Å². The zero-order valence-electron chi connectivity index (χ0n) is 11.7. The number of benzene rings is 1. The summed E-state index contributed by atoms with van der Waals surface area (Å²) < 4.78 is 27.3. The summed E-state index contributed by atoms with van der Waals surface area (Å²) in [7, 11) is -1.84. The van der Waals surface area contributed by atoms with E-state index in [1.807, 2.05) is 0 Å². The first kappa shape index (κ1) is 16.0. The monoisotopic (exact) mass is 328 g/mol. The summed E-state index contributed by atoms with van der Waals surface area (Å²) in [6.45, 7) is 2.33. The van der Waals surface area contributed by atoms with Crippen molar-refractivity contribution in [2.75, 3.05) is 7.05 Å². The molecule has 0 spiro atoms. The molecule has 1 unspecified atom stereocenters. The summed E-state index contributed by atoms with van der Waals surface area (Å²) in [5, 5.41) is 9.85. The maximum absolute atomic E-state index is 12.3. The zero-order valence-corrected chi connectivity index (χ0v) is 13.3. The standard InChI is InChI=1S/C13H17ClN4O2S/c1-9(11-7-16-17-8-11)18-21(19,20)12-4-3-10(6-15-2)13(14)5-12/h3-5,7-9,15,18H,6H2,1-2H3,(H,16,17). The number of aromatic amines is 1. The number of hydrogen-bond acceptors (Lipinski definition) is 4. The first-order valence-electron chi connectivity index (χ1n) is 6.38. The largest absolute Gasteiger partial charge is 0.316 e. The van der Waals surface area contributed by atoms with E-state index in [1.165, 1.54) is 6.07 Å². The van der Waals surface area contributed by atoms with Gasteiger partial charge in [-0.2, -0.15) is 5.10 Å². The lowest BCUT2D eigenvalue weighted by Crippen LogP contribution is -2.26. The van der Waals surface area contributed by atoms with Gasteiger partial charge in [-0.1, -0.05) is 17.7 Å². The summed E-state index contributed by atoms with van der Waals surface area (Å²) in [6.07, 6.45) is 3.23. The van der Waals surface area contributed by atoms with Gasteiger partial charge >= 0.3 is 0 Å². The van der Waals surface area contributed by atoms with Gasteiger partial charge in [0.25, 0.3) is 0 Å². The fraction of sp³-hybridized carbons (Fsp3) is 0.308. The van der Waals surface area contributed by atoms with Crippen LogP contribution < -0.4 is 10.0 Å². The summed E-state index contributed by atoms with van der Waals surface area (Å²) in [6, 6.07) is 4.32. The van der Waals surface area contributed by atoms with Crippen LogP contribution in [0.2, 0.25) is 5.02 Å². The van der Waals surface area contributed by atoms with Crippen LogP contribution in [0.4, 0.5) is 0 Å². The number of sulfonamides is 1. The van der Waals surface area contributed by atoms with Crippen molar-refractivity contribution in [2.24, 2.45) is 0 Å². The van der Waals surface area contributed by atoms with Gasteiger partial charge in [0.05, 0.1) is 11.1 Å². The van der Waals surface area contributed by atoms with Gasteiger partial charge in [0.15, 0.2) is 0 Å². The Morgan fingerprint density at radius 2 is 2.19 bits per heavy atom. The third-order valence-corrected chi connectivity index (χ3v) is 4.94. The van der Waals surface area contributed by atoms with Crippen LogP contribution in [0.5, 0.6) is 0 Å². The lowest BCUT2D eigenvalue weighted by Gasteiger charge is -2.13. The van der Waals surface area contributed by atoms with Crippen molar-refractivity contribution in [1.82, 2.24) is 20.2 Å². The van der Waals surface area contributed by atoms with Gasteiger partial charge in [0, 0.05) is 29.4 Å². The molecule has 3 N–H and O–H groups in total. The Kier molecular flexibility index (Phi) is 5.00. The predicted molar refractivity (Wildman–Crippen MR) is 81.5 cm³/mol. The Labute approximate surface area is 129 Å². The Morgan fingerprint density at radius 1 is 1.43 bits per heavy atom. The molecule has 1 atom stereocenters. The summed E-state index contributed by atoms with van der Waals surface area (Å²) in [5.41, 5.74) is 1.61. The molecule has 0 aliphatic carbocycles. The molecule has 1 heterocycles. The van der Waals surface area contributed by atoms with Gasteiger partial charge in [-0.25, -0.2) is 13.1 Å². The third kappa shape index (κ3) is 3.82. The minimum Gasteiger partial charge on any atom is -0.316 e. The molecule has 0 saturated carbocycles. The average Bonchev–Trinajstić information content (AvgIpc) is 2.95. The number of nitrogens with one attached hydrogen (secondary N) is 3. The molecule has 1 aromatic carbocycles. The molecular formula is C13H17ClN4O2S. The Balaban J connectivity index is 2.21. The highest BCUT2D eigenvalue weighted by atomic mass is 35.5. The number of halogens is 1. The second kappa shape index (κ2) is 6.57. The van der Waals surface area contributed by atoms with Crippen molar-refractivity contribution in [3.63, 3.8) is 0 Å². The number of H-pyrrole nitrogens is 1. The van der Waals surface area contributed by atoms with E-state index in [2.05, 4.69) is 20.2 Å². The first-order chi connectivity index (χ1) is 9.94. The molecule has 0 fully saturated rings. The smallest absolute Gasteiger partial charge is 0.241 e. The van der Waals surface area contributed by atoms with Crippen LogP contribution in [0.15, 0.2) is 35.5 Å². The second-order valence-corrected chi connectivity index (χ2v) is 6.78. The topological polar surface area (TPSA) is 86.9 Å². The maximum atomic E-state index is 12.3. The predicted octanol–water partition coefficient (Wildman–Crippen LogP) is 1.82. The lowest BCUT2D eigenvalue weighted by molar-refractivity contribution is 0.567. The Hall–Kier alpha value is -1.41. The molecule has 8 heteroatoms. The quantitative estimate of drug-likeness (QED) is 0.755. The van der Waals surface area contributed by atoms with Crippen LogP contribution in [0, 0.1) is 0 Å². The third-order valence-electron chi connectivity index (χ3n) is 3.05. The molecular weight excluding hydrogens is 312 g/mol. The van der Waals surface area contributed by atoms with E-state index in [0.717, 1.165) is 11.1 Å². The Morgan fingerprint density at radius 3 is 2.76 bits per heavy atom. The molecule has 0 amide bonds. The molecule has 0 saturated heterocycles. The molecule has 114 valence electrons. The normalized spacial score (nSPS) is 13.3. The van der Waals surface area contributed by atoms with E-state index in [4.69, 9.17) is 11.6 Å². The van der Waals surface area contributed by atoms with E-state index >= 15 is 0 Å². The second-order valence-electron chi connectivity index (χ2n) is 4.66. The van der Waals surface area contributed by atoms with Gasteiger partial charge in [-0.15, -0.1) is 0 Å². The molecule has 6 nitrogen and oxygen atoms in total. The molecule has 0 aliphatic rings. The van der Waals surface area contributed by atoms with E-state index in [-0.39, 0.29) is 10.9 Å². The van der Waals surface area contributed by atoms with Crippen LogP contribution in [0.25, 0.3) is 0 Å². The fourth-order valence-corrected chi connectivity index (χ4v) is 3.47. The van der Waals surface area contributed by atoms with Crippen molar-refractivity contribution in [3.8, 4) is 0 Å². The average molecular weight is 329 g/mol. The summed E-state index contributed by atoms with van der Waals surface area (Å²) >= 11 is 6.10. The molecule has 2 aromatic rings. The van der Waals surface area contributed by atoms with Gasteiger partial charge in [-0.3, -0.25) is 5.10 Å². The van der Waals surface area contributed by atoms with E-state index in [1.54, 1.807) is 38.5 Å². The van der Waals surface area contributed by atoms with Crippen LogP contribution in [-0.4, -0.2) is 25.7 Å². The molecule has 0 bridgehead atoms. The van der Waals surface area contributed by atoms with Crippen molar-refractivity contribution in [1.29, 1.82) is 0 Å². The first-order valence-corrected chi connectivity index (χ1v) is 8.24. The minimum atomic E-state index is -3.64. The maximum Gasteiger partial charge on any atom is 0.241 e. The van der Waals surface area contributed by atoms with Crippen LogP contribution in [0.3, 0.4) is 0 Å². The van der Waals surface area contributed by atoms with Gasteiger partial charge < -0.3 is 5.32 Å². The lowest BCUT2D eigenvalue weighted by atomic mass is 10.2. The number of aromatic nitrogens is 2. The van der Waals surface area contributed by atoms with Crippen molar-refractivity contribution < 1.29 is 8.42 Å². The van der Waals surface area contributed by atoms with Gasteiger partial charge in [-0.05, 0) is 31.7 Å². The highest BCUT2D eigenvalue weighted by Gasteiger charge is 2.19. The molecule has 0 radical (unpaired) electrons.